The fraction of sp³-hybridized carbons (Fsp3) is 0.400. The van der Waals surface area contributed by atoms with Crippen molar-refractivity contribution in [2.24, 2.45) is 0 Å². The molecule has 0 saturated heterocycles. The van der Waals surface area contributed by atoms with Crippen LogP contribution in [-0.2, 0) is 0 Å². The highest BCUT2D eigenvalue weighted by molar-refractivity contribution is 8.00. The summed E-state index contributed by atoms with van der Waals surface area (Å²) in [7, 11) is 0. The van der Waals surface area contributed by atoms with E-state index in [1.54, 1.807) is 17.5 Å². The van der Waals surface area contributed by atoms with E-state index in [-0.39, 0.29) is 5.95 Å². The molecule has 2 rings (SSSR count). The van der Waals surface area contributed by atoms with Crippen molar-refractivity contribution in [3.63, 3.8) is 0 Å². The predicted molar refractivity (Wildman–Crippen MR) is 74.0 cm³/mol. The molecule has 6 nitrogen and oxygen atoms in total. The fourth-order valence-corrected chi connectivity index (χ4v) is 2.87. The Morgan fingerprint density at radius 2 is 2.06 bits per heavy atom. The van der Waals surface area contributed by atoms with Crippen molar-refractivity contribution in [1.29, 1.82) is 0 Å². The lowest BCUT2D eigenvalue weighted by Gasteiger charge is -2.18. The minimum Gasteiger partial charge on any atom is -0.368 e. The van der Waals surface area contributed by atoms with Crippen LogP contribution in [0.2, 0.25) is 0 Å². The average molecular weight is 282 g/mol. The van der Waals surface area contributed by atoms with Crippen LogP contribution in [0.15, 0.2) is 21.1 Å². The van der Waals surface area contributed by atoms with Gasteiger partial charge in [-0.2, -0.15) is 15.0 Å². The second-order valence-corrected chi connectivity index (χ2v) is 5.46. The van der Waals surface area contributed by atoms with Gasteiger partial charge in [-0.3, -0.25) is 0 Å². The zero-order valence-corrected chi connectivity index (χ0v) is 11.8. The van der Waals surface area contributed by atoms with Crippen LogP contribution < -0.4 is 10.6 Å². The summed E-state index contributed by atoms with van der Waals surface area (Å²) in [6.45, 7) is 5.77. The molecule has 0 amide bonds. The molecule has 0 spiro atoms. The van der Waals surface area contributed by atoms with Gasteiger partial charge >= 0.3 is 0 Å². The van der Waals surface area contributed by atoms with Gasteiger partial charge in [-0.15, -0.1) is 11.3 Å². The van der Waals surface area contributed by atoms with Crippen LogP contribution in [0.4, 0.5) is 11.9 Å². The molecule has 0 aliphatic rings. The first kappa shape index (κ1) is 13.0. The van der Waals surface area contributed by atoms with Crippen molar-refractivity contribution in [1.82, 2.24) is 19.9 Å². The number of anilines is 2. The van der Waals surface area contributed by atoms with Crippen molar-refractivity contribution in [3.05, 3.63) is 11.6 Å². The molecule has 0 fully saturated rings. The van der Waals surface area contributed by atoms with Crippen LogP contribution in [-0.4, -0.2) is 33.0 Å². The first-order valence-electron chi connectivity index (χ1n) is 5.56. The topological polar surface area (TPSA) is 80.8 Å². The molecule has 96 valence electrons. The molecule has 0 aliphatic heterocycles. The van der Waals surface area contributed by atoms with E-state index in [0.717, 1.165) is 17.4 Å². The maximum atomic E-state index is 5.72. The number of thiazole rings is 1. The Kier molecular flexibility index (Phi) is 4.32. The summed E-state index contributed by atoms with van der Waals surface area (Å²) in [5.41, 5.74) is 5.72. The highest BCUT2D eigenvalue weighted by Crippen LogP contribution is 2.27. The Hall–Kier alpha value is -1.41. The van der Waals surface area contributed by atoms with Gasteiger partial charge in [-0.25, -0.2) is 4.98 Å². The molecule has 0 unspecified atom stereocenters. The van der Waals surface area contributed by atoms with E-state index in [9.17, 15) is 0 Å². The van der Waals surface area contributed by atoms with Crippen LogP contribution in [0.1, 0.15) is 13.8 Å². The summed E-state index contributed by atoms with van der Waals surface area (Å²) < 4.78 is 0.895. The van der Waals surface area contributed by atoms with Gasteiger partial charge in [0.2, 0.25) is 17.1 Å². The van der Waals surface area contributed by atoms with Crippen LogP contribution in [0.5, 0.6) is 0 Å². The molecule has 2 heterocycles. The first-order chi connectivity index (χ1) is 8.72. The number of aromatic nitrogens is 4. The molecule has 2 aromatic heterocycles. The normalized spacial score (nSPS) is 10.6. The van der Waals surface area contributed by atoms with Crippen molar-refractivity contribution in [3.8, 4) is 0 Å². The zero-order valence-electron chi connectivity index (χ0n) is 10.2. The maximum absolute atomic E-state index is 5.72. The lowest BCUT2D eigenvalue weighted by atomic mass is 10.5. The van der Waals surface area contributed by atoms with Crippen molar-refractivity contribution in [2.45, 2.75) is 23.3 Å². The molecule has 18 heavy (non-hydrogen) atoms. The Labute approximate surface area is 114 Å². The second-order valence-electron chi connectivity index (χ2n) is 3.35. The van der Waals surface area contributed by atoms with E-state index < -0.39 is 0 Å². The summed E-state index contributed by atoms with van der Waals surface area (Å²) in [4.78, 5) is 18.9. The lowest BCUT2D eigenvalue weighted by molar-refractivity contribution is 0.786. The third-order valence-corrected chi connectivity index (χ3v) is 4.00. The standard InChI is InChI=1S/C10H14N6S2/c1-3-16(4-2)8-13-7(11)14-9(15-8)18-10-12-5-6-17-10/h5-6H,3-4H2,1-2H3,(H2,11,13,14,15). The zero-order chi connectivity index (χ0) is 13.0. The molecule has 2 aromatic rings. The van der Waals surface area contributed by atoms with E-state index in [2.05, 4.69) is 33.8 Å². The van der Waals surface area contributed by atoms with E-state index in [0.29, 0.717) is 11.1 Å². The van der Waals surface area contributed by atoms with Gasteiger partial charge < -0.3 is 10.6 Å². The molecule has 0 bridgehead atoms. The summed E-state index contributed by atoms with van der Waals surface area (Å²) in [6, 6.07) is 0. The third kappa shape index (κ3) is 3.08. The van der Waals surface area contributed by atoms with E-state index in [1.165, 1.54) is 11.8 Å². The SMILES string of the molecule is CCN(CC)c1nc(N)nc(Sc2nccs2)n1. The molecule has 0 atom stereocenters. The lowest BCUT2D eigenvalue weighted by Crippen LogP contribution is -2.25. The van der Waals surface area contributed by atoms with E-state index >= 15 is 0 Å². The second kappa shape index (κ2) is 5.96. The summed E-state index contributed by atoms with van der Waals surface area (Å²) in [5, 5.41) is 2.50. The van der Waals surface area contributed by atoms with Gasteiger partial charge in [0.05, 0.1) is 0 Å². The fourth-order valence-electron chi connectivity index (χ4n) is 1.39. The number of nitrogens with two attached hydrogens (primary N) is 1. The molecule has 0 aliphatic carbocycles. The van der Waals surface area contributed by atoms with Gasteiger partial charge in [0.25, 0.3) is 0 Å². The first-order valence-corrected chi connectivity index (χ1v) is 7.26. The van der Waals surface area contributed by atoms with Crippen LogP contribution >= 0.6 is 23.1 Å². The highest BCUT2D eigenvalue weighted by Gasteiger charge is 2.11. The number of hydrogen-bond acceptors (Lipinski definition) is 8. The molecule has 0 saturated carbocycles. The number of nitrogen functional groups attached to an aromatic ring is 1. The van der Waals surface area contributed by atoms with Crippen molar-refractivity contribution in [2.75, 3.05) is 23.7 Å². The molecule has 2 N–H and O–H groups in total. The van der Waals surface area contributed by atoms with Crippen LogP contribution in [0, 0.1) is 0 Å². The molecular formula is C10H14N6S2. The molecule has 0 aromatic carbocycles. The van der Waals surface area contributed by atoms with E-state index in [1.807, 2.05) is 10.3 Å². The summed E-state index contributed by atoms with van der Waals surface area (Å²) >= 11 is 2.95. The Morgan fingerprint density at radius 1 is 1.28 bits per heavy atom. The molecule has 8 heteroatoms. The maximum Gasteiger partial charge on any atom is 0.231 e. The van der Waals surface area contributed by atoms with Gasteiger partial charge in [0, 0.05) is 24.7 Å². The number of nitrogens with zero attached hydrogens (tertiary/aromatic N) is 5. The van der Waals surface area contributed by atoms with E-state index in [4.69, 9.17) is 5.73 Å². The van der Waals surface area contributed by atoms with Crippen molar-refractivity contribution >= 4 is 35.0 Å². The summed E-state index contributed by atoms with van der Waals surface area (Å²) in [5.74, 6) is 0.859. The van der Waals surface area contributed by atoms with Gasteiger partial charge in [0.15, 0.2) is 4.34 Å². The minimum absolute atomic E-state index is 0.242. The predicted octanol–water partition coefficient (Wildman–Crippen LogP) is 1.91. The number of hydrogen-bond donors (Lipinski definition) is 1. The Balaban J connectivity index is 2.26. The van der Waals surface area contributed by atoms with Gasteiger partial charge in [0.1, 0.15) is 0 Å². The average Bonchev–Trinajstić information content (AvgIpc) is 2.83. The van der Waals surface area contributed by atoms with Crippen LogP contribution in [0.3, 0.4) is 0 Å². The third-order valence-electron chi connectivity index (χ3n) is 2.25. The smallest absolute Gasteiger partial charge is 0.231 e. The van der Waals surface area contributed by atoms with Crippen LogP contribution in [0.25, 0.3) is 0 Å². The summed E-state index contributed by atoms with van der Waals surface area (Å²) in [6.07, 6.45) is 1.75. The van der Waals surface area contributed by atoms with Crippen molar-refractivity contribution < 1.29 is 0 Å². The highest BCUT2D eigenvalue weighted by atomic mass is 32.2. The quantitative estimate of drug-likeness (QED) is 0.897. The Bertz CT molecular complexity index is 497. The largest absolute Gasteiger partial charge is 0.368 e. The Morgan fingerprint density at radius 3 is 2.67 bits per heavy atom. The molecular weight excluding hydrogens is 268 g/mol. The van der Waals surface area contributed by atoms with Gasteiger partial charge in [-0.05, 0) is 25.6 Å². The molecule has 0 radical (unpaired) electrons. The monoisotopic (exact) mass is 282 g/mol. The number of rotatable bonds is 5. The minimum atomic E-state index is 0.242. The van der Waals surface area contributed by atoms with Gasteiger partial charge in [-0.1, -0.05) is 0 Å².